The van der Waals surface area contributed by atoms with Gasteiger partial charge in [0.2, 0.25) is 5.84 Å². The van der Waals surface area contributed by atoms with E-state index in [1.807, 2.05) is 31.2 Å². The highest BCUT2D eigenvalue weighted by atomic mass is 32.1. The summed E-state index contributed by atoms with van der Waals surface area (Å²) in [5.74, 6) is -0.480. The molecule has 0 fully saturated rings. The molecule has 2 N–H and O–H groups in total. The Morgan fingerprint density at radius 2 is 1.89 bits per heavy atom. The monoisotopic (exact) mass is 397 g/mol. The number of carbonyl (C=O) groups excluding carboxylic acids is 2. The van der Waals surface area contributed by atoms with Gasteiger partial charge in [-0.05, 0) is 44.7 Å². The molecule has 146 valence electrons. The predicted octanol–water partition coefficient (Wildman–Crippen LogP) is 3.00. The summed E-state index contributed by atoms with van der Waals surface area (Å²) in [6.45, 7) is 1.91. The minimum atomic E-state index is -0.383. The molecule has 1 aromatic heterocycles. The normalized spacial score (nSPS) is 17.1. The minimum Gasteiger partial charge on any atom is -0.295 e. The molecule has 0 unspecified atom stereocenters. The number of thiazole rings is 1. The highest BCUT2D eigenvalue weighted by molar-refractivity contribution is 7.16. The van der Waals surface area contributed by atoms with Crippen molar-refractivity contribution in [2.24, 2.45) is 4.99 Å². The van der Waals surface area contributed by atoms with Gasteiger partial charge in [-0.1, -0.05) is 30.5 Å². The van der Waals surface area contributed by atoms with Gasteiger partial charge in [-0.2, -0.15) is 0 Å². The third kappa shape index (κ3) is 4.06. The molecule has 0 radical (unpaired) electrons. The van der Waals surface area contributed by atoms with Gasteiger partial charge in [-0.15, -0.1) is 11.3 Å². The first-order valence-corrected chi connectivity index (χ1v) is 10.4. The number of amidine groups is 1. The van der Waals surface area contributed by atoms with Crippen LogP contribution in [0.5, 0.6) is 0 Å². The average molecular weight is 398 g/mol. The maximum Gasteiger partial charge on any atom is 0.294 e. The number of fused-ring (bicyclic) bond motifs is 1. The van der Waals surface area contributed by atoms with Crippen LogP contribution in [0, 0.1) is 6.92 Å². The van der Waals surface area contributed by atoms with Crippen molar-refractivity contribution in [2.45, 2.75) is 45.4 Å². The topological polar surface area (TPSA) is 86.7 Å². The fourth-order valence-electron chi connectivity index (χ4n) is 3.36. The molecule has 1 aliphatic carbocycles. The average Bonchev–Trinajstić information content (AvgIpc) is 3.03. The number of nitrogens with zero attached hydrogens (tertiary/aromatic N) is 3. The summed E-state index contributed by atoms with van der Waals surface area (Å²) in [7, 11) is 0. The predicted molar refractivity (Wildman–Crippen MR) is 111 cm³/mol. The minimum absolute atomic E-state index is 0.0714. The molecule has 2 amide bonds. The van der Waals surface area contributed by atoms with Gasteiger partial charge in [0, 0.05) is 4.88 Å². The van der Waals surface area contributed by atoms with Crippen molar-refractivity contribution in [1.82, 2.24) is 10.4 Å². The number of hydrazine groups is 1. The van der Waals surface area contributed by atoms with Gasteiger partial charge >= 0.3 is 0 Å². The molecule has 2 aliphatic rings. The Morgan fingerprint density at radius 1 is 1.14 bits per heavy atom. The first-order valence-electron chi connectivity index (χ1n) is 9.61. The number of hydrogen-bond donors (Lipinski definition) is 2. The van der Waals surface area contributed by atoms with Gasteiger partial charge in [0.1, 0.15) is 6.54 Å². The van der Waals surface area contributed by atoms with Gasteiger partial charge in [-0.25, -0.2) is 9.99 Å². The van der Waals surface area contributed by atoms with Crippen molar-refractivity contribution < 1.29 is 9.59 Å². The van der Waals surface area contributed by atoms with Crippen molar-refractivity contribution in [3.8, 4) is 0 Å². The lowest BCUT2D eigenvalue weighted by molar-refractivity contribution is -0.118. The third-order valence-electron chi connectivity index (χ3n) is 4.91. The second kappa shape index (κ2) is 8.10. The smallest absolute Gasteiger partial charge is 0.294 e. The molecule has 7 nitrogen and oxygen atoms in total. The Morgan fingerprint density at radius 3 is 2.68 bits per heavy atom. The van der Waals surface area contributed by atoms with Crippen LogP contribution >= 0.6 is 11.3 Å². The van der Waals surface area contributed by atoms with Crippen LogP contribution in [-0.4, -0.2) is 29.2 Å². The Labute approximate surface area is 167 Å². The zero-order valence-corrected chi connectivity index (χ0v) is 16.6. The molecule has 0 atom stereocenters. The molecule has 0 saturated carbocycles. The summed E-state index contributed by atoms with van der Waals surface area (Å²) in [6, 6.07) is 7.51. The molecule has 8 heteroatoms. The van der Waals surface area contributed by atoms with Gasteiger partial charge in [-0.3, -0.25) is 25.3 Å². The quantitative estimate of drug-likeness (QED) is 0.834. The molecule has 2 heterocycles. The number of nitrogens with one attached hydrogen (secondary N) is 2. The molecule has 0 bridgehead atoms. The first kappa shape index (κ1) is 18.6. The summed E-state index contributed by atoms with van der Waals surface area (Å²) >= 11 is 1.54. The Bertz CT molecular complexity index is 894. The lowest BCUT2D eigenvalue weighted by Crippen LogP contribution is -2.54. The summed E-state index contributed by atoms with van der Waals surface area (Å²) in [5.41, 5.74) is 5.72. The van der Waals surface area contributed by atoms with Crippen molar-refractivity contribution in [2.75, 3.05) is 16.9 Å². The van der Waals surface area contributed by atoms with Crippen molar-refractivity contribution in [3.05, 3.63) is 40.4 Å². The van der Waals surface area contributed by atoms with Gasteiger partial charge in [0.25, 0.3) is 11.8 Å². The molecule has 2 aromatic rings. The maximum atomic E-state index is 12.7. The van der Waals surface area contributed by atoms with Crippen LogP contribution in [0.4, 0.5) is 10.8 Å². The van der Waals surface area contributed by atoms with Crippen LogP contribution in [-0.2, 0) is 22.4 Å². The molecular formula is C20H23N5O2S. The molecular weight excluding hydrogens is 374 g/mol. The lowest BCUT2D eigenvalue weighted by atomic mass is 10.0. The summed E-state index contributed by atoms with van der Waals surface area (Å²) < 4.78 is 0. The number of amides is 2. The van der Waals surface area contributed by atoms with E-state index in [0.717, 1.165) is 30.5 Å². The van der Waals surface area contributed by atoms with Crippen molar-refractivity contribution in [3.63, 3.8) is 0 Å². The maximum absolute atomic E-state index is 12.7. The van der Waals surface area contributed by atoms with Crippen LogP contribution in [0.3, 0.4) is 0 Å². The van der Waals surface area contributed by atoms with Crippen LogP contribution in [0.25, 0.3) is 0 Å². The van der Waals surface area contributed by atoms with E-state index in [-0.39, 0.29) is 24.2 Å². The van der Waals surface area contributed by atoms with E-state index in [1.54, 1.807) is 11.3 Å². The fourth-order valence-corrected chi connectivity index (χ4v) is 4.41. The van der Waals surface area contributed by atoms with E-state index in [4.69, 9.17) is 0 Å². The zero-order valence-electron chi connectivity index (χ0n) is 15.8. The van der Waals surface area contributed by atoms with Crippen LogP contribution in [0.1, 0.15) is 41.8 Å². The number of aromatic nitrogens is 1. The molecule has 1 aromatic carbocycles. The second-order valence-corrected chi connectivity index (χ2v) is 8.18. The number of anilines is 2. The summed E-state index contributed by atoms with van der Waals surface area (Å²) in [5, 5.41) is 4.80. The van der Waals surface area contributed by atoms with Crippen LogP contribution < -0.4 is 15.8 Å². The molecule has 0 spiro atoms. The van der Waals surface area contributed by atoms with Crippen LogP contribution in [0.2, 0.25) is 0 Å². The van der Waals surface area contributed by atoms with Gasteiger partial charge < -0.3 is 0 Å². The molecule has 28 heavy (non-hydrogen) atoms. The standard InChI is InChI=1S/C20H23N5O2S/c1-13-8-10-14(11-9-13)25-17(26)12-21-18(24-25)19(27)23-20-22-15-6-4-2-3-5-7-16(15)28-20/h8-11H,2-7,12H2,1H3,(H,21,24)(H,22,23,27). The third-order valence-corrected chi connectivity index (χ3v) is 5.99. The lowest BCUT2D eigenvalue weighted by Gasteiger charge is -2.27. The van der Waals surface area contributed by atoms with Crippen molar-refractivity contribution in [1.29, 1.82) is 0 Å². The largest absolute Gasteiger partial charge is 0.295 e. The van der Waals surface area contributed by atoms with Gasteiger partial charge in [0.15, 0.2) is 5.13 Å². The molecule has 4 rings (SSSR count). The highest BCUT2D eigenvalue weighted by Crippen LogP contribution is 2.28. The zero-order chi connectivity index (χ0) is 19.5. The van der Waals surface area contributed by atoms with Crippen LogP contribution in [0.15, 0.2) is 29.3 Å². The Hall–Kier alpha value is -2.74. The number of aliphatic imine (C=N–C) groups is 1. The van der Waals surface area contributed by atoms with E-state index < -0.39 is 0 Å². The first-order chi connectivity index (χ1) is 13.6. The van der Waals surface area contributed by atoms with E-state index >= 15 is 0 Å². The number of hydrogen-bond acceptors (Lipinski definition) is 6. The van der Waals surface area contributed by atoms with Gasteiger partial charge in [0.05, 0.1) is 11.4 Å². The Balaban J connectivity index is 1.46. The summed E-state index contributed by atoms with van der Waals surface area (Å²) in [6.07, 6.45) is 6.80. The van der Waals surface area contributed by atoms with E-state index in [1.165, 1.54) is 29.1 Å². The highest BCUT2D eigenvalue weighted by Gasteiger charge is 2.26. The fraction of sp³-hybridized carbons (Fsp3) is 0.400. The Kier molecular flexibility index (Phi) is 5.38. The molecule has 0 saturated heterocycles. The van der Waals surface area contributed by atoms with E-state index in [0.29, 0.717) is 10.8 Å². The number of rotatable bonds is 3. The second-order valence-electron chi connectivity index (χ2n) is 7.10. The number of aryl methyl sites for hydroxylation is 3. The SMILES string of the molecule is Cc1ccc(N2NC(C(=O)Nc3nc4c(s3)CCCCCC4)=NCC2=O)cc1. The van der Waals surface area contributed by atoms with Crippen molar-refractivity contribution >= 4 is 39.8 Å². The van der Waals surface area contributed by atoms with E-state index in [9.17, 15) is 9.59 Å². The number of benzene rings is 1. The summed E-state index contributed by atoms with van der Waals surface area (Å²) in [4.78, 5) is 34.9. The van der Waals surface area contributed by atoms with E-state index in [2.05, 4.69) is 20.7 Å². The number of carbonyl (C=O) groups is 2. The molecule has 1 aliphatic heterocycles.